The quantitative estimate of drug-likeness (QED) is 0.206. The fourth-order valence-electron chi connectivity index (χ4n) is 2.43. The second-order valence-corrected chi connectivity index (χ2v) is 6.19. The van der Waals surface area contributed by atoms with Crippen LogP contribution in [0.25, 0.3) is 0 Å². The van der Waals surface area contributed by atoms with Crippen molar-refractivity contribution in [2.24, 2.45) is 10.9 Å². The Bertz CT molecular complexity index is 628. The summed E-state index contributed by atoms with van der Waals surface area (Å²) in [6.07, 6.45) is 5.69. The molecule has 0 atom stereocenters. The Morgan fingerprint density at radius 1 is 1.19 bits per heavy atom. The number of aromatic nitrogens is 1. The average molecular weight is 475 g/mol. The molecule has 1 saturated carbocycles. The van der Waals surface area contributed by atoms with Gasteiger partial charge in [-0.15, -0.1) is 24.0 Å². The average Bonchev–Trinajstić information content (AvgIpc) is 3.44. The number of pyridine rings is 1. The highest BCUT2D eigenvalue weighted by Crippen LogP contribution is 2.28. The Morgan fingerprint density at radius 3 is 2.65 bits per heavy atom. The largest absolute Gasteiger partial charge is 0.357 e. The highest BCUT2D eigenvalue weighted by Gasteiger charge is 2.28. The lowest BCUT2D eigenvalue weighted by molar-refractivity contribution is -0.122. The van der Waals surface area contributed by atoms with Crippen LogP contribution in [0.4, 0.5) is 0 Å². The molecule has 1 amide bonds. The molecule has 26 heavy (non-hydrogen) atoms. The van der Waals surface area contributed by atoms with Gasteiger partial charge in [0.2, 0.25) is 11.5 Å². The molecule has 3 N–H and O–H groups in total. The number of carbonyl (C=O) groups is 1. The SMILES string of the molecule is CCNC(=NCCCCn1ccccc1=O)NCCNC(=O)C1CC1.I. The van der Waals surface area contributed by atoms with Crippen LogP contribution in [-0.4, -0.2) is 42.6 Å². The van der Waals surface area contributed by atoms with Crippen LogP contribution in [0, 0.1) is 5.92 Å². The number of rotatable bonds is 10. The maximum atomic E-state index is 11.6. The lowest BCUT2D eigenvalue weighted by Gasteiger charge is -2.12. The summed E-state index contributed by atoms with van der Waals surface area (Å²) in [6, 6.07) is 5.20. The van der Waals surface area contributed by atoms with Crippen LogP contribution in [0.5, 0.6) is 0 Å². The lowest BCUT2D eigenvalue weighted by atomic mass is 10.3. The molecule has 0 unspecified atom stereocenters. The van der Waals surface area contributed by atoms with Gasteiger partial charge in [-0.1, -0.05) is 6.07 Å². The van der Waals surface area contributed by atoms with Crippen molar-refractivity contribution >= 4 is 35.8 Å². The lowest BCUT2D eigenvalue weighted by Crippen LogP contribution is -2.41. The minimum Gasteiger partial charge on any atom is -0.357 e. The van der Waals surface area contributed by atoms with Crippen molar-refractivity contribution in [1.82, 2.24) is 20.5 Å². The molecule has 1 fully saturated rings. The zero-order valence-corrected chi connectivity index (χ0v) is 17.7. The summed E-state index contributed by atoms with van der Waals surface area (Å²) in [4.78, 5) is 27.7. The van der Waals surface area contributed by atoms with Crippen LogP contribution in [0.2, 0.25) is 0 Å². The number of nitrogens with zero attached hydrogens (tertiary/aromatic N) is 2. The van der Waals surface area contributed by atoms with Crippen LogP contribution >= 0.6 is 24.0 Å². The highest BCUT2D eigenvalue weighted by molar-refractivity contribution is 14.0. The molecule has 7 nitrogen and oxygen atoms in total. The van der Waals surface area contributed by atoms with Crippen LogP contribution in [0.1, 0.15) is 32.6 Å². The number of hydrogen-bond acceptors (Lipinski definition) is 3. The summed E-state index contributed by atoms with van der Waals surface area (Å²) in [5.74, 6) is 1.18. The van der Waals surface area contributed by atoms with E-state index >= 15 is 0 Å². The van der Waals surface area contributed by atoms with Gasteiger partial charge in [-0.25, -0.2) is 0 Å². The van der Waals surface area contributed by atoms with Gasteiger partial charge >= 0.3 is 0 Å². The van der Waals surface area contributed by atoms with Gasteiger partial charge < -0.3 is 20.5 Å². The summed E-state index contributed by atoms with van der Waals surface area (Å²) in [6.45, 7) is 5.49. The number of aliphatic imine (C=N–C) groups is 1. The number of unbranched alkanes of at least 4 members (excludes halogenated alkanes) is 1. The zero-order valence-electron chi connectivity index (χ0n) is 15.4. The molecular formula is C18H30IN5O2. The predicted octanol–water partition coefficient (Wildman–Crippen LogP) is 1.33. The highest BCUT2D eigenvalue weighted by atomic mass is 127. The molecule has 1 aromatic heterocycles. The Kier molecular flexibility index (Phi) is 11.0. The molecule has 1 heterocycles. The minimum absolute atomic E-state index is 0. The number of carbonyl (C=O) groups excluding carboxylic acids is 1. The number of nitrogens with one attached hydrogen (secondary N) is 3. The Morgan fingerprint density at radius 2 is 1.96 bits per heavy atom. The first-order valence-electron chi connectivity index (χ1n) is 9.16. The maximum Gasteiger partial charge on any atom is 0.250 e. The van der Waals surface area contributed by atoms with E-state index in [2.05, 4.69) is 20.9 Å². The van der Waals surface area contributed by atoms with E-state index < -0.39 is 0 Å². The van der Waals surface area contributed by atoms with E-state index in [1.807, 2.05) is 19.2 Å². The molecule has 0 aliphatic heterocycles. The van der Waals surface area contributed by atoms with Gasteiger partial charge in [-0.2, -0.15) is 0 Å². The van der Waals surface area contributed by atoms with E-state index in [-0.39, 0.29) is 41.4 Å². The molecule has 0 radical (unpaired) electrons. The predicted molar refractivity (Wildman–Crippen MR) is 115 cm³/mol. The molecule has 0 saturated heterocycles. The van der Waals surface area contributed by atoms with E-state index in [0.29, 0.717) is 26.2 Å². The second-order valence-electron chi connectivity index (χ2n) is 6.19. The van der Waals surface area contributed by atoms with Crippen molar-refractivity contribution in [3.63, 3.8) is 0 Å². The zero-order chi connectivity index (χ0) is 17.9. The van der Waals surface area contributed by atoms with E-state index in [9.17, 15) is 9.59 Å². The topological polar surface area (TPSA) is 87.5 Å². The van der Waals surface area contributed by atoms with Crippen molar-refractivity contribution in [3.8, 4) is 0 Å². The van der Waals surface area contributed by atoms with Gasteiger partial charge in [0.25, 0.3) is 0 Å². The van der Waals surface area contributed by atoms with Crippen molar-refractivity contribution in [1.29, 1.82) is 0 Å². The number of amides is 1. The monoisotopic (exact) mass is 475 g/mol. The van der Waals surface area contributed by atoms with Crippen molar-refractivity contribution in [2.75, 3.05) is 26.2 Å². The summed E-state index contributed by atoms with van der Waals surface area (Å²) < 4.78 is 1.72. The molecule has 1 aromatic rings. The van der Waals surface area contributed by atoms with Gasteiger partial charge in [0, 0.05) is 50.9 Å². The molecule has 8 heteroatoms. The summed E-state index contributed by atoms with van der Waals surface area (Å²) >= 11 is 0. The number of guanidine groups is 1. The first kappa shape index (κ1) is 22.5. The number of halogens is 1. The molecular weight excluding hydrogens is 445 g/mol. The molecule has 0 spiro atoms. The fraction of sp³-hybridized carbons (Fsp3) is 0.611. The third kappa shape index (κ3) is 8.68. The second kappa shape index (κ2) is 12.7. The summed E-state index contributed by atoms with van der Waals surface area (Å²) in [7, 11) is 0. The Labute approximate surface area is 172 Å². The smallest absolute Gasteiger partial charge is 0.250 e. The third-order valence-electron chi connectivity index (χ3n) is 3.99. The first-order chi connectivity index (χ1) is 12.2. The normalized spacial score (nSPS) is 13.7. The van der Waals surface area contributed by atoms with E-state index in [1.165, 1.54) is 0 Å². The molecule has 0 bridgehead atoms. The van der Waals surface area contributed by atoms with E-state index in [0.717, 1.165) is 38.2 Å². The van der Waals surface area contributed by atoms with Gasteiger partial charge in [0.1, 0.15) is 0 Å². The van der Waals surface area contributed by atoms with Crippen molar-refractivity contribution < 1.29 is 4.79 Å². The van der Waals surface area contributed by atoms with E-state index in [1.54, 1.807) is 16.7 Å². The summed E-state index contributed by atoms with van der Waals surface area (Å²) in [5.41, 5.74) is 0.0363. The standard InChI is InChI=1S/C18H29N5O2.HI/c1-2-19-18(22-12-11-20-17(25)15-8-9-15)21-10-4-6-14-23-13-5-3-7-16(23)24;/h3,5,7,13,15H,2,4,6,8-12,14H2,1H3,(H,20,25)(H2,19,21,22);1H. The van der Waals surface area contributed by atoms with Gasteiger partial charge in [0.15, 0.2) is 5.96 Å². The van der Waals surface area contributed by atoms with E-state index in [4.69, 9.17) is 0 Å². The minimum atomic E-state index is 0. The van der Waals surface area contributed by atoms with Crippen molar-refractivity contribution in [2.45, 2.75) is 39.2 Å². The number of aryl methyl sites for hydroxylation is 1. The van der Waals surface area contributed by atoms with Crippen molar-refractivity contribution in [3.05, 3.63) is 34.7 Å². The molecule has 0 aromatic carbocycles. The van der Waals surface area contributed by atoms with Crippen LogP contribution < -0.4 is 21.5 Å². The van der Waals surface area contributed by atoms with Gasteiger partial charge in [-0.3, -0.25) is 14.6 Å². The first-order valence-corrected chi connectivity index (χ1v) is 9.16. The van der Waals surface area contributed by atoms with Crippen LogP contribution in [-0.2, 0) is 11.3 Å². The van der Waals surface area contributed by atoms with Gasteiger partial charge in [-0.05, 0) is 38.7 Å². The molecule has 1 aliphatic carbocycles. The maximum absolute atomic E-state index is 11.6. The van der Waals surface area contributed by atoms with Crippen LogP contribution in [0.15, 0.2) is 34.2 Å². The summed E-state index contributed by atoms with van der Waals surface area (Å²) in [5, 5.41) is 9.34. The fourth-order valence-corrected chi connectivity index (χ4v) is 2.43. The Balaban J connectivity index is 0.00000338. The van der Waals surface area contributed by atoms with Gasteiger partial charge in [0.05, 0.1) is 0 Å². The molecule has 2 rings (SSSR count). The molecule has 146 valence electrons. The number of hydrogen-bond donors (Lipinski definition) is 3. The van der Waals surface area contributed by atoms with Crippen LogP contribution in [0.3, 0.4) is 0 Å². The Hall–Kier alpha value is -1.58. The molecule has 1 aliphatic rings. The third-order valence-corrected chi connectivity index (χ3v) is 3.99.